The Morgan fingerprint density at radius 3 is 2.86 bits per heavy atom. The van der Waals surface area contributed by atoms with E-state index in [1.807, 2.05) is 0 Å². The van der Waals surface area contributed by atoms with E-state index in [4.69, 9.17) is 9.84 Å². The second kappa shape index (κ2) is 6.35. The molecule has 1 amide bonds. The molecule has 21 heavy (non-hydrogen) atoms. The highest BCUT2D eigenvalue weighted by Crippen LogP contribution is 2.09. The molecule has 0 spiro atoms. The molecule has 114 valence electrons. The number of H-pyrrole nitrogens is 1. The molecule has 1 aliphatic rings. The highest BCUT2D eigenvalue weighted by atomic mass is 16.5. The van der Waals surface area contributed by atoms with Gasteiger partial charge in [0.05, 0.1) is 19.1 Å². The quantitative estimate of drug-likeness (QED) is 0.679. The van der Waals surface area contributed by atoms with Gasteiger partial charge >= 0.3 is 5.97 Å². The van der Waals surface area contributed by atoms with Crippen LogP contribution in [0.3, 0.4) is 0 Å². The number of hydrogen-bond acceptors (Lipinski definition) is 5. The molecule has 0 aliphatic carbocycles. The van der Waals surface area contributed by atoms with Crippen LogP contribution in [0.2, 0.25) is 0 Å². The second-order valence-corrected chi connectivity index (χ2v) is 4.66. The van der Waals surface area contributed by atoms with Crippen LogP contribution in [-0.4, -0.2) is 57.5 Å². The summed E-state index contributed by atoms with van der Waals surface area (Å²) in [7, 11) is 0. The predicted octanol–water partition coefficient (Wildman–Crippen LogP) is -1.76. The third-order valence-corrected chi connectivity index (χ3v) is 3.08. The van der Waals surface area contributed by atoms with E-state index in [0.29, 0.717) is 6.54 Å². The van der Waals surface area contributed by atoms with Gasteiger partial charge in [-0.3, -0.25) is 24.3 Å². The van der Waals surface area contributed by atoms with E-state index in [2.05, 4.69) is 5.10 Å². The van der Waals surface area contributed by atoms with Crippen molar-refractivity contribution < 1.29 is 19.4 Å². The average Bonchev–Trinajstić information content (AvgIpc) is 2.42. The first kappa shape index (κ1) is 15.0. The van der Waals surface area contributed by atoms with Gasteiger partial charge in [0.15, 0.2) is 0 Å². The molecule has 0 bridgehead atoms. The smallest absolute Gasteiger partial charge is 0.306 e. The van der Waals surface area contributed by atoms with Gasteiger partial charge in [-0.15, -0.1) is 0 Å². The van der Waals surface area contributed by atoms with Crippen LogP contribution in [0.25, 0.3) is 0 Å². The van der Waals surface area contributed by atoms with E-state index >= 15 is 0 Å². The number of aliphatic carboxylic acids is 1. The highest BCUT2D eigenvalue weighted by molar-refractivity contribution is 5.76. The van der Waals surface area contributed by atoms with Crippen molar-refractivity contribution in [2.75, 3.05) is 19.7 Å². The average molecular weight is 297 g/mol. The Hall–Kier alpha value is -2.42. The summed E-state index contributed by atoms with van der Waals surface area (Å²) in [6, 6.07) is 2.17. The summed E-state index contributed by atoms with van der Waals surface area (Å²) < 4.78 is 6.18. The standard InChI is InChI=1S/C12H15N3O6/c16-9-1-2-10(17)15(13-9)7-11(18)14-3-4-21-8(6-14)5-12(19)20/h1-2,8H,3-7H2,(H,13,16)(H,19,20). The maximum Gasteiger partial charge on any atom is 0.306 e. The molecule has 9 heteroatoms. The van der Waals surface area contributed by atoms with Gasteiger partial charge in [0.1, 0.15) is 6.54 Å². The van der Waals surface area contributed by atoms with Crippen molar-refractivity contribution in [3.8, 4) is 0 Å². The third-order valence-electron chi connectivity index (χ3n) is 3.08. The zero-order chi connectivity index (χ0) is 15.4. The molecule has 0 saturated carbocycles. The number of carbonyl (C=O) groups is 2. The second-order valence-electron chi connectivity index (χ2n) is 4.66. The largest absolute Gasteiger partial charge is 0.481 e. The maximum atomic E-state index is 12.1. The summed E-state index contributed by atoms with van der Waals surface area (Å²) in [6.45, 7) is 0.413. The molecule has 1 unspecified atom stereocenters. The van der Waals surface area contributed by atoms with Gasteiger partial charge in [-0.05, 0) is 0 Å². The molecule has 1 saturated heterocycles. The van der Waals surface area contributed by atoms with Crippen LogP contribution >= 0.6 is 0 Å². The van der Waals surface area contributed by atoms with Crippen LogP contribution in [0.15, 0.2) is 21.7 Å². The number of nitrogens with zero attached hydrogens (tertiary/aromatic N) is 2. The summed E-state index contributed by atoms with van der Waals surface area (Å²) in [6.07, 6.45) is -0.752. The van der Waals surface area contributed by atoms with Crippen molar-refractivity contribution in [3.63, 3.8) is 0 Å². The number of ether oxygens (including phenoxy) is 1. The molecule has 9 nitrogen and oxygen atoms in total. The number of rotatable bonds is 4. The molecule has 1 aromatic rings. The number of aromatic amines is 1. The molecule has 0 aromatic carbocycles. The van der Waals surface area contributed by atoms with Crippen molar-refractivity contribution in [2.24, 2.45) is 0 Å². The Morgan fingerprint density at radius 2 is 2.14 bits per heavy atom. The topological polar surface area (TPSA) is 122 Å². The number of carboxylic acids is 1. The third kappa shape index (κ3) is 4.02. The first-order valence-electron chi connectivity index (χ1n) is 6.37. The Labute approximate surface area is 118 Å². The minimum Gasteiger partial charge on any atom is -0.481 e. The molecule has 1 fully saturated rings. The summed E-state index contributed by atoms with van der Waals surface area (Å²) in [5.41, 5.74) is -0.966. The van der Waals surface area contributed by atoms with Gasteiger partial charge < -0.3 is 14.7 Å². The number of amides is 1. The summed E-state index contributed by atoms with van der Waals surface area (Å²) >= 11 is 0. The van der Waals surface area contributed by atoms with E-state index in [1.165, 1.54) is 4.90 Å². The lowest BCUT2D eigenvalue weighted by atomic mass is 10.2. The van der Waals surface area contributed by atoms with Crippen LogP contribution in [0.4, 0.5) is 0 Å². The van der Waals surface area contributed by atoms with Crippen LogP contribution in [-0.2, 0) is 20.9 Å². The van der Waals surface area contributed by atoms with Crippen molar-refractivity contribution in [2.45, 2.75) is 19.1 Å². The predicted molar refractivity (Wildman–Crippen MR) is 69.9 cm³/mol. The molecule has 1 atom stereocenters. The number of hydrogen-bond donors (Lipinski definition) is 2. The Bertz CT molecular complexity index is 649. The fourth-order valence-corrected chi connectivity index (χ4v) is 2.08. The first-order valence-corrected chi connectivity index (χ1v) is 6.37. The van der Waals surface area contributed by atoms with Gasteiger partial charge in [0.25, 0.3) is 11.1 Å². The van der Waals surface area contributed by atoms with Gasteiger partial charge in [-0.1, -0.05) is 0 Å². The number of morpholine rings is 1. The van der Waals surface area contributed by atoms with E-state index in [0.717, 1.165) is 16.8 Å². The fourth-order valence-electron chi connectivity index (χ4n) is 2.08. The van der Waals surface area contributed by atoms with Crippen molar-refractivity contribution in [1.29, 1.82) is 0 Å². The summed E-state index contributed by atoms with van der Waals surface area (Å²) in [5, 5.41) is 11.0. The minimum atomic E-state index is -1.00. The Kier molecular flexibility index (Phi) is 4.53. The molecule has 1 aliphatic heterocycles. The summed E-state index contributed by atoms with van der Waals surface area (Å²) in [4.78, 5) is 46.8. The van der Waals surface area contributed by atoms with E-state index in [-0.39, 0.29) is 32.0 Å². The fraction of sp³-hybridized carbons (Fsp3) is 0.500. The van der Waals surface area contributed by atoms with Crippen LogP contribution in [0, 0.1) is 0 Å². The molecule has 0 radical (unpaired) electrons. The monoisotopic (exact) mass is 297 g/mol. The normalized spacial score (nSPS) is 18.5. The molecule has 2 N–H and O–H groups in total. The van der Waals surface area contributed by atoms with E-state index in [1.54, 1.807) is 0 Å². The van der Waals surface area contributed by atoms with Gasteiger partial charge in [-0.25, -0.2) is 4.68 Å². The zero-order valence-electron chi connectivity index (χ0n) is 11.2. The van der Waals surface area contributed by atoms with E-state index in [9.17, 15) is 19.2 Å². The van der Waals surface area contributed by atoms with Gasteiger partial charge in [-0.2, -0.15) is 0 Å². The zero-order valence-corrected chi connectivity index (χ0v) is 11.2. The lowest BCUT2D eigenvalue weighted by Crippen LogP contribution is -2.48. The number of aromatic nitrogens is 2. The highest BCUT2D eigenvalue weighted by Gasteiger charge is 2.26. The molecule has 2 heterocycles. The lowest BCUT2D eigenvalue weighted by molar-refractivity contribution is -0.148. The Balaban J connectivity index is 2.02. The molecule has 2 rings (SSSR count). The van der Waals surface area contributed by atoms with Crippen LogP contribution < -0.4 is 11.1 Å². The first-order chi connectivity index (χ1) is 9.95. The lowest BCUT2D eigenvalue weighted by Gasteiger charge is -2.32. The molecular formula is C12H15N3O6. The minimum absolute atomic E-state index is 0.150. The van der Waals surface area contributed by atoms with Gasteiger partial charge in [0, 0.05) is 25.2 Å². The number of carbonyl (C=O) groups excluding carboxylic acids is 1. The summed E-state index contributed by atoms with van der Waals surface area (Å²) in [5.74, 6) is -1.38. The van der Waals surface area contributed by atoms with Crippen LogP contribution in [0.1, 0.15) is 6.42 Å². The van der Waals surface area contributed by atoms with Crippen molar-refractivity contribution in [1.82, 2.24) is 14.7 Å². The number of carboxylic acid groups (broad SMARTS) is 1. The van der Waals surface area contributed by atoms with Gasteiger partial charge in [0.2, 0.25) is 5.91 Å². The molecule has 1 aromatic heterocycles. The number of nitrogens with one attached hydrogen (secondary N) is 1. The molecular weight excluding hydrogens is 282 g/mol. The van der Waals surface area contributed by atoms with E-state index < -0.39 is 23.2 Å². The van der Waals surface area contributed by atoms with Crippen molar-refractivity contribution in [3.05, 3.63) is 32.8 Å². The van der Waals surface area contributed by atoms with Crippen molar-refractivity contribution >= 4 is 11.9 Å². The van der Waals surface area contributed by atoms with Crippen LogP contribution in [0.5, 0.6) is 0 Å². The maximum absolute atomic E-state index is 12.1. The Morgan fingerprint density at radius 1 is 1.38 bits per heavy atom. The SMILES string of the molecule is O=C(O)CC1CN(C(=O)Cn2[nH]c(=O)ccc2=O)CCO1.